The summed E-state index contributed by atoms with van der Waals surface area (Å²) in [5.74, 6) is 0. The van der Waals surface area contributed by atoms with Gasteiger partial charge in [-0.15, -0.1) is 0 Å². The number of hydrogen-bond donors (Lipinski definition) is 2. The molecule has 1 heterocycles. The highest BCUT2D eigenvalue weighted by Crippen LogP contribution is 2.26. The van der Waals surface area contributed by atoms with E-state index in [0.717, 1.165) is 32.2 Å². The number of aromatic nitrogens is 1. The van der Waals surface area contributed by atoms with Gasteiger partial charge in [0.2, 0.25) is 10.0 Å². The van der Waals surface area contributed by atoms with E-state index in [0.29, 0.717) is 23.6 Å². The fourth-order valence-electron chi connectivity index (χ4n) is 3.11. The van der Waals surface area contributed by atoms with Crippen LogP contribution in [-0.4, -0.2) is 19.9 Å². The minimum absolute atomic E-state index is 0.276. The topological polar surface area (TPSA) is 62.0 Å². The summed E-state index contributed by atoms with van der Waals surface area (Å²) in [5.41, 5.74) is 4.60. The summed E-state index contributed by atoms with van der Waals surface area (Å²) in [6.45, 7) is 5.88. The Morgan fingerprint density at radius 3 is 2.58 bits per heavy atom. The maximum absolute atomic E-state index is 12.7. The van der Waals surface area contributed by atoms with Crippen molar-refractivity contribution in [3.05, 3.63) is 62.2 Å². The first kappa shape index (κ1) is 19.4. The Hall–Kier alpha value is -1.34. The van der Waals surface area contributed by atoms with E-state index in [1.54, 1.807) is 26.0 Å². The second kappa shape index (κ2) is 7.35. The molecule has 0 fully saturated rings. The number of sulfonamides is 1. The number of rotatable bonds is 5. The molecule has 0 unspecified atom stereocenters. The molecule has 3 aromatic rings. The first-order chi connectivity index (χ1) is 12.2. The van der Waals surface area contributed by atoms with Crippen LogP contribution in [0.15, 0.2) is 39.7 Å². The summed E-state index contributed by atoms with van der Waals surface area (Å²) in [7, 11) is -3.59. The van der Waals surface area contributed by atoms with Crippen molar-refractivity contribution in [3.8, 4) is 0 Å². The van der Waals surface area contributed by atoms with Gasteiger partial charge < -0.3 is 4.98 Å². The van der Waals surface area contributed by atoms with Crippen LogP contribution in [0.25, 0.3) is 10.9 Å². The molecular weight excluding hydrogens is 436 g/mol. The minimum atomic E-state index is -3.59. The van der Waals surface area contributed by atoms with Gasteiger partial charge in [0.1, 0.15) is 0 Å². The monoisotopic (exact) mass is 454 g/mol. The number of fused-ring (bicyclic) bond motifs is 1. The molecule has 2 aromatic carbocycles. The van der Waals surface area contributed by atoms with Gasteiger partial charge in [0.15, 0.2) is 0 Å². The molecule has 0 saturated heterocycles. The largest absolute Gasteiger partial charge is 0.358 e. The first-order valence-corrected chi connectivity index (χ1v) is 10.9. The van der Waals surface area contributed by atoms with Gasteiger partial charge in [-0.3, -0.25) is 0 Å². The second-order valence-corrected chi connectivity index (χ2v) is 9.49. The molecule has 0 amide bonds. The summed E-state index contributed by atoms with van der Waals surface area (Å²) in [5, 5.41) is 1.68. The highest BCUT2D eigenvalue weighted by atomic mass is 79.9. The van der Waals surface area contributed by atoms with Crippen LogP contribution < -0.4 is 4.72 Å². The van der Waals surface area contributed by atoms with E-state index < -0.39 is 10.0 Å². The van der Waals surface area contributed by atoms with Crippen LogP contribution in [0.3, 0.4) is 0 Å². The van der Waals surface area contributed by atoms with Crippen molar-refractivity contribution in [2.75, 3.05) is 6.54 Å². The predicted molar refractivity (Wildman–Crippen MR) is 111 cm³/mol. The fraction of sp³-hybridized carbons (Fsp3) is 0.263. The normalized spacial score (nSPS) is 12.0. The SMILES string of the molecule is Cc1cc(S(=O)(=O)NCCc2c(C)[nH]c3ccc(Br)cc23)c(C)cc1Cl. The number of H-pyrrole nitrogens is 1. The van der Waals surface area contributed by atoms with Crippen molar-refractivity contribution < 1.29 is 8.42 Å². The minimum Gasteiger partial charge on any atom is -0.358 e. The maximum atomic E-state index is 12.7. The lowest BCUT2D eigenvalue weighted by Gasteiger charge is -2.11. The van der Waals surface area contributed by atoms with Crippen LogP contribution in [0.1, 0.15) is 22.4 Å². The Kier molecular flexibility index (Phi) is 5.49. The van der Waals surface area contributed by atoms with Crippen molar-refractivity contribution in [1.29, 1.82) is 0 Å². The summed E-state index contributed by atoms with van der Waals surface area (Å²) in [4.78, 5) is 3.62. The lowest BCUT2D eigenvalue weighted by molar-refractivity contribution is 0.581. The molecule has 2 N–H and O–H groups in total. The lowest BCUT2D eigenvalue weighted by atomic mass is 10.1. The molecule has 0 aliphatic carbocycles. The van der Waals surface area contributed by atoms with E-state index in [4.69, 9.17) is 11.6 Å². The molecular formula is C19H20BrClN2O2S. The molecule has 4 nitrogen and oxygen atoms in total. The van der Waals surface area contributed by atoms with Gasteiger partial charge in [-0.25, -0.2) is 13.1 Å². The Balaban J connectivity index is 1.81. The lowest BCUT2D eigenvalue weighted by Crippen LogP contribution is -2.26. The zero-order valence-corrected chi connectivity index (χ0v) is 17.9. The molecule has 0 spiro atoms. The molecule has 0 bridgehead atoms. The average Bonchev–Trinajstić information content (AvgIpc) is 2.86. The predicted octanol–water partition coefficient (Wildman–Crippen LogP) is 5.03. The average molecular weight is 456 g/mol. The molecule has 1 aromatic heterocycles. The van der Waals surface area contributed by atoms with E-state index >= 15 is 0 Å². The Labute approximate surface area is 167 Å². The molecule has 0 radical (unpaired) electrons. The fourth-order valence-corrected chi connectivity index (χ4v) is 5.03. The number of hydrogen-bond acceptors (Lipinski definition) is 2. The quantitative estimate of drug-likeness (QED) is 0.567. The third-order valence-electron chi connectivity index (χ3n) is 4.49. The third-order valence-corrected chi connectivity index (χ3v) is 7.00. The van der Waals surface area contributed by atoms with Crippen molar-refractivity contribution in [1.82, 2.24) is 9.71 Å². The van der Waals surface area contributed by atoms with Crippen LogP contribution in [0.2, 0.25) is 5.02 Å². The summed E-state index contributed by atoms with van der Waals surface area (Å²) in [6, 6.07) is 9.35. The highest BCUT2D eigenvalue weighted by molar-refractivity contribution is 9.10. The van der Waals surface area contributed by atoms with Gasteiger partial charge in [-0.1, -0.05) is 27.5 Å². The van der Waals surface area contributed by atoms with Gasteiger partial charge in [-0.05, 0) is 74.2 Å². The number of nitrogens with one attached hydrogen (secondary N) is 2. The standard InChI is InChI=1S/C19H20BrClN2O2S/c1-11-9-19(12(2)8-17(11)21)26(24,25)22-7-6-15-13(3)23-18-5-4-14(20)10-16(15)18/h4-5,8-10,22-23H,6-7H2,1-3H3. The number of aryl methyl sites for hydroxylation is 3. The molecule has 0 aliphatic rings. The zero-order valence-electron chi connectivity index (χ0n) is 14.8. The van der Waals surface area contributed by atoms with Gasteiger partial charge in [-0.2, -0.15) is 0 Å². The molecule has 26 heavy (non-hydrogen) atoms. The highest BCUT2D eigenvalue weighted by Gasteiger charge is 2.18. The molecule has 3 rings (SSSR count). The summed E-state index contributed by atoms with van der Waals surface area (Å²) < 4.78 is 29.1. The van der Waals surface area contributed by atoms with Crippen LogP contribution in [-0.2, 0) is 16.4 Å². The van der Waals surface area contributed by atoms with Crippen LogP contribution >= 0.6 is 27.5 Å². The van der Waals surface area contributed by atoms with Gasteiger partial charge in [0, 0.05) is 32.6 Å². The second-order valence-electron chi connectivity index (χ2n) is 6.43. The van der Waals surface area contributed by atoms with Crippen LogP contribution in [0.5, 0.6) is 0 Å². The molecule has 0 saturated carbocycles. The van der Waals surface area contributed by atoms with Crippen molar-refractivity contribution in [2.45, 2.75) is 32.1 Å². The van der Waals surface area contributed by atoms with E-state index in [1.165, 1.54) is 0 Å². The maximum Gasteiger partial charge on any atom is 0.240 e. The van der Waals surface area contributed by atoms with Gasteiger partial charge in [0.05, 0.1) is 4.90 Å². The van der Waals surface area contributed by atoms with E-state index in [9.17, 15) is 8.42 Å². The van der Waals surface area contributed by atoms with Crippen LogP contribution in [0, 0.1) is 20.8 Å². The van der Waals surface area contributed by atoms with Gasteiger partial charge >= 0.3 is 0 Å². The molecule has 7 heteroatoms. The number of aromatic amines is 1. The molecule has 0 aliphatic heterocycles. The third kappa shape index (κ3) is 3.83. The summed E-state index contributed by atoms with van der Waals surface area (Å²) >= 11 is 9.56. The smallest absolute Gasteiger partial charge is 0.240 e. The van der Waals surface area contributed by atoms with Crippen molar-refractivity contribution >= 4 is 48.5 Å². The van der Waals surface area contributed by atoms with Crippen molar-refractivity contribution in [2.24, 2.45) is 0 Å². The van der Waals surface area contributed by atoms with E-state index in [2.05, 4.69) is 31.7 Å². The number of halogens is 2. The Morgan fingerprint density at radius 2 is 1.85 bits per heavy atom. The Bertz CT molecular complexity index is 1090. The molecule has 138 valence electrons. The van der Waals surface area contributed by atoms with E-state index in [-0.39, 0.29) is 4.90 Å². The van der Waals surface area contributed by atoms with E-state index in [1.807, 2.05) is 19.1 Å². The first-order valence-electron chi connectivity index (χ1n) is 8.22. The Morgan fingerprint density at radius 1 is 1.12 bits per heavy atom. The van der Waals surface area contributed by atoms with Crippen molar-refractivity contribution in [3.63, 3.8) is 0 Å². The van der Waals surface area contributed by atoms with Crippen LogP contribution in [0.4, 0.5) is 0 Å². The van der Waals surface area contributed by atoms with Gasteiger partial charge in [0.25, 0.3) is 0 Å². The molecule has 0 atom stereocenters. The number of benzene rings is 2. The summed E-state index contributed by atoms with van der Waals surface area (Å²) in [6.07, 6.45) is 0.604. The zero-order chi connectivity index (χ0) is 19.1.